The number of nitrogens with two attached hydrogens (primary N) is 1. The van der Waals surface area contributed by atoms with E-state index in [2.05, 4.69) is 10.3 Å². The molecule has 3 N–H and O–H groups in total. The summed E-state index contributed by atoms with van der Waals surface area (Å²) in [6.45, 7) is 1.39. The van der Waals surface area contributed by atoms with E-state index in [4.69, 9.17) is 10.5 Å². The highest BCUT2D eigenvalue weighted by Gasteiger charge is 2.15. The molecule has 0 saturated heterocycles. The Bertz CT molecular complexity index is 249. The molecule has 2 saturated carbocycles. The monoisotopic (exact) mass is 367 g/mol. The first-order valence-corrected chi connectivity index (χ1v) is 7.02. The van der Waals surface area contributed by atoms with Crippen LogP contribution in [-0.2, 0) is 4.74 Å². The summed E-state index contributed by atoms with van der Waals surface area (Å²) in [5, 5.41) is 3.28. The van der Waals surface area contributed by atoms with Crippen molar-refractivity contribution < 1.29 is 4.74 Å². The number of hydrogen-bond acceptors (Lipinski definition) is 2. The summed E-state index contributed by atoms with van der Waals surface area (Å²) in [6, 6.07) is 0.550. The molecule has 5 heteroatoms. The molecule has 2 aliphatic carbocycles. The molecular formula is C13H26IN3O. The number of rotatable bonds is 5. The first-order valence-electron chi connectivity index (χ1n) is 7.02. The number of guanidine groups is 1. The van der Waals surface area contributed by atoms with Crippen molar-refractivity contribution in [2.75, 3.05) is 13.2 Å². The summed E-state index contributed by atoms with van der Waals surface area (Å²) in [5.74, 6) is 0.590. The van der Waals surface area contributed by atoms with Gasteiger partial charge in [0.2, 0.25) is 0 Å². The highest BCUT2D eigenvalue weighted by molar-refractivity contribution is 14.0. The van der Waals surface area contributed by atoms with Crippen LogP contribution in [0.4, 0.5) is 0 Å². The molecule has 0 spiro atoms. The Kier molecular flexibility index (Phi) is 7.97. The van der Waals surface area contributed by atoms with Crippen LogP contribution in [0.5, 0.6) is 0 Å². The third-order valence-electron chi connectivity index (χ3n) is 3.74. The van der Waals surface area contributed by atoms with E-state index < -0.39 is 0 Å². The molecule has 0 aromatic heterocycles. The highest BCUT2D eigenvalue weighted by Crippen LogP contribution is 2.20. The second kappa shape index (κ2) is 8.96. The fraction of sp³-hybridized carbons (Fsp3) is 0.923. The fourth-order valence-electron chi connectivity index (χ4n) is 2.77. The zero-order chi connectivity index (χ0) is 11.9. The van der Waals surface area contributed by atoms with Gasteiger partial charge >= 0.3 is 0 Å². The molecule has 0 atom stereocenters. The second-order valence-electron chi connectivity index (χ2n) is 5.17. The molecule has 0 heterocycles. The van der Waals surface area contributed by atoms with Crippen molar-refractivity contribution in [3.8, 4) is 0 Å². The van der Waals surface area contributed by atoms with E-state index in [9.17, 15) is 0 Å². The summed E-state index contributed by atoms with van der Waals surface area (Å²) in [4.78, 5) is 4.31. The van der Waals surface area contributed by atoms with Gasteiger partial charge in [-0.1, -0.05) is 25.7 Å². The molecule has 0 bridgehead atoms. The fourth-order valence-corrected chi connectivity index (χ4v) is 2.77. The van der Waals surface area contributed by atoms with Crippen molar-refractivity contribution in [3.05, 3.63) is 0 Å². The number of nitrogens with one attached hydrogen (secondary N) is 1. The van der Waals surface area contributed by atoms with Crippen LogP contribution in [0.3, 0.4) is 0 Å². The van der Waals surface area contributed by atoms with E-state index in [-0.39, 0.29) is 24.0 Å². The quantitative estimate of drug-likeness (QED) is 0.340. The zero-order valence-electron chi connectivity index (χ0n) is 11.1. The minimum absolute atomic E-state index is 0. The molecule has 2 aliphatic rings. The molecule has 2 fully saturated rings. The number of halogens is 1. The number of ether oxygens (including phenoxy) is 1. The lowest BCUT2D eigenvalue weighted by atomic mass is 10.2. The van der Waals surface area contributed by atoms with Crippen molar-refractivity contribution in [2.45, 2.75) is 63.5 Å². The van der Waals surface area contributed by atoms with Crippen molar-refractivity contribution >= 4 is 29.9 Å². The van der Waals surface area contributed by atoms with Gasteiger partial charge in [0.15, 0.2) is 5.96 Å². The molecule has 0 unspecified atom stereocenters. The lowest BCUT2D eigenvalue weighted by molar-refractivity contribution is 0.0643. The van der Waals surface area contributed by atoms with Crippen LogP contribution in [0.15, 0.2) is 4.99 Å². The van der Waals surface area contributed by atoms with Gasteiger partial charge in [-0.05, 0) is 25.7 Å². The molecule has 106 valence electrons. The third-order valence-corrected chi connectivity index (χ3v) is 3.74. The van der Waals surface area contributed by atoms with E-state index in [1.165, 1.54) is 51.4 Å². The maximum absolute atomic E-state index is 5.83. The van der Waals surface area contributed by atoms with E-state index in [1.54, 1.807) is 0 Å². The Hall–Kier alpha value is -0.0400. The van der Waals surface area contributed by atoms with Crippen molar-refractivity contribution in [2.24, 2.45) is 10.7 Å². The lowest BCUT2D eigenvalue weighted by Gasteiger charge is -2.13. The standard InChI is InChI=1S/C13H25N3O.HI/c14-13(16-11-5-1-2-6-11)15-9-10-17-12-7-3-4-8-12;/h11-12H,1-10H2,(H3,14,15,16);1H. The van der Waals surface area contributed by atoms with Crippen LogP contribution < -0.4 is 11.1 Å². The summed E-state index contributed by atoms with van der Waals surface area (Å²) >= 11 is 0. The Morgan fingerprint density at radius 2 is 1.72 bits per heavy atom. The molecule has 18 heavy (non-hydrogen) atoms. The topological polar surface area (TPSA) is 59.6 Å². The summed E-state index contributed by atoms with van der Waals surface area (Å²) < 4.78 is 5.73. The minimum Gasteiger partial charge on any atom is -0.376 e. The summed E-state index contributed by atoms with van der Waals surface area (Å²) in [6.07, 6.45) is 10.7. The van der Waals surface area contributed by atoms with Crippen molar-refractivity contribution in [1.29, 1.82) is 0 Å². The predicted molar refractivity (Wildman–Crippen MR) is 85.5 cm³/mol. The second-order valence-corrected chi connectivity index (χ2v) is 5.17. The molecule has 0 radical (unpaired) electrons. The Morgan fingerprint density at radius 1 is 1.11 bits per heavy atom. The zero-order valence-corrected chi connectivity index (χ0v) is 13.4. The molecular weight excluding hydrogens is 341 g/mol. The number of aliphatic imine (C=N–C) groups is 1. The average Bonchev–Trinajstić information content (AvgIpc) is 2.96. The van der Waals surface area contributed by atoms with Gasteiger partial charge in [-0.2, -0.15) is 0 Å². The van der Waals surface area contributed by atoms with Crippen LogP contribution in [0.2, 0.25) is 0 Å². The third kappa shape index (κ3) is 5.73. The van der Waals surface area contributed by atoms with E-state index in [0.29, 0.717) is 31.3 Å². The van der Waals surface area contributed by atoms with E-state index >= 15 is 0 Å². The van der Waals surface area contributed by atoms with Gasteiger partial charge in [-0.15, -0.1) is 24.0 Å². The van der Waals surface area contributed by atoms with Crippen LogP contribution >= 0.6 is 24.0 Å². The molecule has 2 rings (SSSR count). The van der Waals surface area contributed by atoms with Gasteiger partial charge in [-0.3, -0.25) is 4.99 Å². The largest absolute Gasteiger partial charge is 0.376 e. The molecule has 0 aromatic rings. The SMILES string of the molecule is I.NC(=NCCOC1CCCC1)NC1CCCC1. The average molecular weight is 367 g/mol. The highest BCUT2D eigenvalue weighted by atomic mass is 127. The van der Waals surface area contributed by atoms with Gasteiger partial charge in [-0.25, -0.2) is 0 Å². The van der Waals surface area contributed by atoms with Gasteiger partial charge in [0.05, 0.1) is 19.3 Å². The number of hydrogen-bond donors (Lipinski definition) is 2. The molecule has 4 nitrogen and oxygen atoms in total. The van der Waals surface area contributed by atoms with Gasteiger partial charge in [0, 0.05) is 6.04 Å². The smallest absolute Gasteiger partial charge is 0.188 e. The van der Waals surface area contributed by atoms with Crippen LogP contribution in [0, 0.1) is 0 Å². The summed E-state index contributed by atoms with van der Waals surface area (Å²) in [7, 11) is 0. The maximum Gasteiger partial charge on any atom is 0.188 e. The first kappa shape index (κ1) is 16.0. The Balaban J connectivity index is 0.00000162. The van der Waals surface area contributed by atoms with Crippen LogP contribution in [-0.4, -0.2) is 31.3 Å². The Labute approximate surface area is 127 Å². The van der Waals surface area contributed by atoms with Gasteiger partial charge in [0.1, 0.15) is 0 Å². The van der Waals surface area contributed by atoms with Crippen LogP contribution in [0.1, 0.15) is 51.4 Å². The molecule has 0 amide bonds. The van der Waals surface area contributed by atoms with E-state index in [1.807, 2.05) is 0 Å². The molecule has 0 aliphatic heterocycles. The maximum atomic E-state index is 5.83. The Morgan fingerprint density at radius 3 is 2.39 bits per heavy atom. The normalized spacial score (nSPS) is 22.1. The van der Waals surface area contributed by atoms with Gasteiger partial charge in [0.25, 0.3) is 0 Å². The van der Waals surface area contributed by atoms with Crippen LogP contribution in [0.25, 0.3) is 0 Å². The summed E-state index contributed by atoms with van der Waals surface area (Å²) in [5.41, 5.74) is 5.83. The molecule has 0 aromatic carbocycles. The van der Waals surface area contributed by atoms with E-state index in [0.717, 1.165) is 0 Å². The first-order chi connectivity index (χ1) is 8.34. The van der Waals surface area contributed by atoms with Crippen molar-refractivity contribution in [3.63, 3.8) is 0 Å². The van der Waals surface area contributed by atoms with Crippen molar-refractivity contribution in [1.82, 2.24) is 5.32 Å². The minimum atomic E-state index is 0. The lowest BCUT2D eigenvalue weighted by Crippen LogP contribution is -2.38. The van der Waals surface area contributed by atoms with Gasteiger partial charge < -0.3 is 15.8 Å². The number of nitrogens with zero attached hydrogens (tertiary/aromatic N) is 1. The predicted octanol–water partition coefficient (Wildman–Crippen LogP) is 2.41.